The van der Waals surface area contributed by atoms with Gasteiger partial charge in [0.25, 0.3) is 11.8 Å². The molecule has 1 aliphatic heterocycles. The number of aldehydes is 1. The number of azo groups is 1. The number of benzene rings is 2. The van der Waals surface area contributed by atoms with Crippen molar-refractivity contribution in [2.45, 2.75) is 26.7 Å². The van der Waals surface area contributed by atoms with Gasteiger partial charge in [-0.05, 0) is 50.1 Å². The molecule has 0 radical (unpaired) electrons. The number of carbonyl (C=O) groups excluding carboxylic acids is 4. The van der Waals surface area contributed by atoms with E-state index in [2.05, 4.69) is 20.4 Å². The van der Waals surface area contributed by atoms with Crippen molar-refractivity contribution < 1.29 is 19.2 Å². The summed E-state index contributed by atoms with van der Waals surface area (Å²) in [5.74, 6) is -0.809. The standard InChI is InChI=1S/C28H25ClN6O4S/c1-3-34(12-6-7-13-35-27(38)19-8-4-5-9-20(19)28(35)39)18-10-11-22(23(14-18)31-17(2)37)32-33-26-21(15-30)25(29)24(16-36)40-26/h4-5,8-11,14,16H,3,6-7,12-13H2,1-2H3,(H,31,37)/b33-32+. The van der Waals surface area contributed by atoms with Crippen molar-refractivity contribution in [3.63, 3.8) is 0 Å². The topological polar surface area (TPSA) is 135 Å². The second kappa shape index (κ2) is 12.6. The van der Waals surface area contributed by atoms with Gasteiger partial charge in [0.05, 0.1) is 26.7 Å². The highest BCUT2D eigenvalue weighted by Gasteiger charge is 2.34. The van der Waals surface area contributed by atoms with E-state index in [1.807, 2.05) is 19.1 Å². The Hall–Kier alpha value is -4.40. The van der Waals surface area contributed by atoms with E-state index in [1.165, 1.54) is 11.8 Å². The lowest BCUT2D eigenvalue weighted by Gasteiger charge is -2.24. The van der Waals surface area contributed by atoms with Gasteiger partial charge in [-0.15, -0.1) is 21.6 Å². The highest BCUT2D eigenvalue weighted by atomic mass is 35.5. The van der Waals surface area contributed by atoms with Crippen LogP contribution < -0.4 is 10.2 Å². The zero-order valence-corrected chi connectivity index (χ0v) is 23.4. The first kappa shape index (κ1) is 28.6. The van der Waals surface area contributed by atoms with Crippen LogP contribution in [0.4, 0.5) is 22.1 Å². The van der Waals surface area contributed by atoms with E-state index in [4.69, 9.17) is 11.6 Å². The van der Waals surface area contributed by atoms with E-state index in [1.54, 1.807) is 36.4 Å². The maximum atomic E-state index is 12.6. The number of hydrogen-bond donors (Lipinski definition) is 1. The maximum absolute atomic E-state index is 12.6. The summed E-state index contributed by atoms with van der Waals surface area (Å²) in [6.07, 6.45) is 1.93. The monoisotopic (exact) mass is 576 g/mol. The van der Waals surface area contributed by atoms with Crippen LogP contribution in [0, 0.1) is 11.3 Å². The van der Waals surface area contributed by atoms with Crippen LogP contribution in [0.1, 0.15) is 62.6 Å². The quantitative estimate of drug-likeness (QED) is 0.122. The third kappa shape index (κ3) is 5.93. The summed E-state index contributed by atoms with van der Waals surface area (Å²) in [5, 5.41) is 20.7. The number of nitrogens with zero attached hydrogens (tertiary/aromatic N) is 5. The minimum absolute atomic E-state index is 0.0375. The molecule has 2 aromatic carbocycles. The van der Waals surface area contributed by atoms with Crippen molar-refractivity contribution in [2.24, 2.45) is 10.2 Å². The molecule has 0 saturated heterocycles. The predicted molar refractivity (Wildman–Crippen MR) is 153 cm³/mol. The van der Waals surface area contributed by atoms with E-state index >= 15 is 0 Å². The zero-order valence-electron chi connectivity index (χ0n) is 21.8. The average Bonchev–Trinajstić information content (AvgIpc) is 3.39. The van der Waals surface area contributed by atoms with Gasteiger partial charge >= 0.3 is 0 Å². The molecule has 1 aliphatic rings. The fourth-order valence-corrected chi connectivity index (χ4v) is 5.47. The molecule has 0 unspecified atom stereocenters. The molecule has 1 aromatic heterocycles. The number of halogens is 1. The third-order valence-electron chi connectivity index (χ3n) is 6.30. The van der Waals surface area contributed by atoms with E-state index in [9.17, 15) is 24.4 Å². The molecule has 2 heterocycles. The van der Waals surface area contributed by atoms with Crippen molar-refractivity contribution in [1.82, 2.24) is 4.90 Å². The van der Waals surface area contributed by atoms with Crippen LogP contribution in [-0.2, 0) is 4.79 Å². The van der Waals surface area contributed by atoms with E-state index < -0.39 is 0 Å². The molecule has 0 saturated carbocycles. The van der Waals surface area contributed by atoms with E-state index in [0.717, 1.165) is 23.4 Å². The largest absolute Gasteiger partial charge is 0.372 e. The molecule has 0 bridgehead atoms. The second-order valence-corrected chi connectivity index (χ2v) is 10.3. The van der Waals surface area contributed by atoms with Crippen LogP contribution in [0.25, 0.3) is 0 Å². The Bertz CT molecular complexity index is 1530. The number of fused-ring (bicyclic) bond motifs is 1. The molecular formula is C28H25ClN6O4S. The smallest absolute Gasteiger partial charge is 0.261 e. The normalized spacial score (nSPS) is 12.5. The van der Waals surface area contributed by atoms with Gasteiger partial charge in [0.1, 0.15) is 17.3 Å². The Kier molecular flexibility index (Phi) is 9.04. The zero-order chi connectivity index (χ0) is 28.8. The summed E-state index contributed by atoms with van der Waals surface area (Å²) >= 11 is 7.02. The molecule has 4 rings (SSSR count). The van der Waals surface area contributed by atoms with Gasteiger partial charge in [0, 0.05) is 32.2 Å². The number of hydrogen-bond acceptors (Lipinski definition) is 9. The number of nitrogens with one attached hydrogen (secondary N) is 1. The Morgan fingerprint density at radius 1 is 1.15 bits per heavy atom. The fraction of sp³-hybridized carbons (Fsp3) is 0.250. The molecule has 10 nitrogen and oxygen atoms in total. The molecule has 0 aliphatic carbocycles. The van der Waals surface area contributed by atoms with Gasteiger partial charge in [0.15, 0.2) is 11.3 Å². The Morgan fingerprint density at radius 2 is 1.85 bits per heavy atom. The second-order valence-electron chi connectivity index (χ2n) is 8.87. The first-order chi connectivity index (χ1) is 19.3. The summed E-state index contributed by atoms with van der Waals surface area (Å²) in [5.41, 5.74) is 2.58. The SMILES string of the molecule is CCN(CCCCN1C(=O)c2ccccc2C1=O)c1ccc(/N=N/c2sc(C=O)c(Cl)c2C#N)c(NC(C)=O)c1. The van der Waals surface area contributed by atoms with Crippen LogP contribution in [0.5, 0.6) is 0 Å². The number of amides is 3. The van der Waals surface area contributed by atoms with E-state index in [0.29, 0.717) is 54.8 Å². The summed E-state index contributed by atoms with van der Waals surface area (Å²) in [4.78, 5) is 51.9. The van der Waals surface area contributed by atoms with Gasteiger partial charge < -0.3 is 10.2 Å². The van der Waals surface area contributed by atoms with Crippen molar-refractivity contribution in [1.29, 1.82) is 5.26 Å². The number of imide groups is 1. The summed E-state index contributed by atoms with van der Waals surface area (Å²) in [6, 6.07) is 14.1. The Labute approximate surface area is 239 Å². The molecule has 3 aromatic rings. The van der Waals surface area contributed by atoms with Crippen LogP contribution in [0.3, 0.4) is 0 Å². The molecule has 0 atom stereocenters. The molecule has 0 spiro atoms. The lowest BCUT2D eigenvalue weighted by atomic mass is 10.1. The highest BCUT2D eigenvalue weighted by molar-refractivity contribution is 7.18. The number of nitriles is 1. The molecule has 40 heavy (non-hydrogen) atoms. The number of thiophene rings is 1. The minimum atomic E-state index is -0.294. The average molecular weight is 577 g/mol. The predicted octanol–water partition coefficient (Wildman–Crippen LogP) is 6.36. The van der Waals surface area contributed by atoms with Crippen LogP contribution in [-0.4, -0.2) is 48.5 Å². The lowest BCUT2D eigenvalue weighted by molar-refractivity contribution is -0.114. The van der Waals surface area contributed by atoms with Crippen LogP contribution in [0.15, 0.2) is 52.7 Å². The van der Waals surface area contributed by atoms with Crippen LogP contribution in [0.2, 0.25) is 5.02 Å². The number of unbranched alkanes of at least 4 members (excludes halogenated alkanes) is 1. The van der Waals surface area contributed by atoms with Crippen molar-refractivity contribution in [3.05, 3.63) is 69.1 Å². The van der Waals surface area contributed by atoms with Crippen molar-refractivity contribution in [2.75, 3.05) is 29.9 Å². The summed E-state index contributed by atoms with van der Waals surface area (Å²) in [7, 11) is 0. The lowest BCUT2D eigenvalue weighted by Crippen LogP contribution is -2.31. The molecule has 204 valence electrons. The van der Waals surface area contributed by atoms with Gasteiger partial charge in [-0.2, -0.15) is 5.26 Å². The fourth-order valence-electron chi connectivity index (χ4n) is 4.34. The van der Waals surface area contributed by atoms with Crippen molar-refractivity contribution >= 4 is 69.0 Å². The van der Waals surface area contributed by atoms with Crippen LogP contribution >= 0.6 is 22.9 Å². The summed E-state index contributed by atoms with van der Waals surface area (Å²) in [6.45, 7) is 5.07. The van der Waals surface area contributed by atoms with Gasteiger partial charge in [-0.1, -0.05) is 23.7 Å². The molecule has 12 heteroatoms. The van der Waals surface area contributed by atoms with Gasteiger partial charge in [-0.25, -0.2) is 0 Å². The Morgan fingerprint density at radius 3 is 2.45 bits per heavy atom. The molecular weight excluding hydrogens is 552 g/mol. The first-order valence-corrected chi connectivity index (χ1v) is 13.7. The Balaban J connectivity index is 1.45. The van der Waals surface area contributed by atoms with Crippen molar-refractivity contribution in [3.8, 4) is 6.07 Å². The highest BCUT2D eigenvalue weighted by Crippen LogP contribution is 2.39. The first-order valence-electron chi connectivity index (χ1n) is 12.5. The van der Waals surface area contributed by atoms with Gasteiger partial charge in [-0.3, -0.25) is 24.1 Å². The van der Waals surface area contributed by atoms with E-state index in [-0.39, 0.29) is 38.2 Å². The minimum Gasteiger partial charge on any atom is -0.372 e. The molecule has 3 amide bonds. The number of anilines is 2. The number of rotatable bonds is 11. The summed E-state index contributed by atoms with van der Waals surface area (Å²) < 4.78 is 0. The number of carbonyl (C=O) groups is 4. The molecule has 1 N–H and O–H groups in total. The molecule has 0 fully saturated rings. The van der Waals surface area contributed by atoms with Gasteiger partial charge in [0.2, 0.25) is 5.91 Å². The third-order valence-corrected chi connectivity index (χ3v) is 7.80. The maximum Gasteiger partial charge on any atom is 0.261 e.